The van der Waals surface area contributed by atoms with E-state index in [1.54, 1.807) is 24.3 Å². The molecule has 1 aliphatic rings. The Morgan fingerprint density at radius 1 is 1.20 bits per heavy atom. The highest BCUT2D eigenvalue weighted by Gasteiger charge is 2.19. The van der Waals surface area contributed by atoms with Gasteiger partial charge in [0.25, 0.3) is 0 Å². The Hall–Kier alpha value is -2.00. The monoisotopic (exact) mass is 290 g/mol. The molecular weight excluding hydrogens is 279 g/mol. The third-order valence-electron chi connectivity index (χ3n) is 3.46. The number of phenols is 1. The molecule has 0 atom stereocenters. The van der Waals surface area contributed by atoms with Crippen molar-refractivity contribution in [2.24, 2.45) is 0 Å². The molecule has 2 aromatic rings. The molecule has 0 bridgehead atoms. The van der Waals surface area contributed by atoms with Gasteiger partial charge in [-0.2, -0.15) is 0 Å². The van der Waals surface area contributed by atoms with E-state index in [-0.39, 0.29) is 10.8 Å². The average molecular weight is 291 g/mol. The van der Waals surface area contributed by atoms with Gasteiger partial charge < -0.3 is 9.84 Å². The van der Waals surface area contributed by atoms with Crippen molar-refractivity contribution in [3.05, 3.63) is 58.4 Å². The molecule has 0 aromatic heterocycles. The fourth-order valence-electron chi connectivity index (χ4n) is 2.34. The van der Waals surface area contributed by atoms with Crippen molar-refractivity contribution in [1.29, 1.82) is 0 Å². The first-order valence-corrected chi connectivity index (χ1v) is 6.55. The Morgan fingerprint density at radius 3 is 2.75 bits per heavy atom. The number of hydrogen-bond acceptors (Lipinski definition) is 2. The Kier molecular flexibility index (Phi) is 3.14. The lowest BCUT2D eigenvalue weighted by molar-refractivity contribution is 0.361. The number of halogens is 2. The molecule has 1 heterocycles. The summed E-state index contributed by atoms with van der Waals surface area (Å²) in [5.41, 5.74) is 3.76. The van der Waals surface area contributed by atoms with E-state index < -0.39 is 5.82 Å². The maximum atomic E-state index is 13.2. The quantitative estimate of drug-likeness (QED) is 0.837. The zero-order valence-electron chi connectivity index (χ0n) is 10.8. The third-order valence-corrected chi connectivity index (χ3v) is 3.75. The molecule has 4 heteroatoms. The van der Waals surface area contributed by atoms with Gasteiger partial charge in [-0.05, 0) is 42.3 Å². The first-order chi connectivity index (χ1) is 9.56. The van der Waals surface area contributed by atoms with Crippen molar-refractivity contribution in [3.63, 3.8) is 0 Å². The van der Waals surface area contributed by atoms with E-state index in [2.05, 4.69) is 0 Å². The molecule has 1 aliphatic heterocycles. The second-order valence-electron chi connectivity index (χ2n) is 4.70. The largest absolute Gasteiger partial charge is 0.508 e. The van der Waals surface area contributed by atoms with Gasteiger partial charge in [-0.15, -0.1) is 0 Å². The predicted molar refractivity (Wildman–Crippen MR) is 77.5 cm³/mol. The van der Waals surface area contributed by atoms with Gasteiger partial charge in [0.2, 0.25) is 0 Å². The molecule has 0 saturated heterocycles. The number of hydrogen-bond donors (Lipinski definition) is 1. The lowest BCUT2D eigenvalue weighted by Crippen LogP contribution is -2.09. The van der Waals surface area contributed by atoms with Gasteiger partial charge in [-0.3, -0.25) is 0 Å². The highest BCUT2D eigenvalue weighted by atomic mass is 35.5. The molecule has 0 amide bonds. The summed E-state index contributed by atoms with van der Waals surface area (Å²) in [6, 6.07) is 9.66. The number of rotatable bonds is 1. The molecule has 2 aromatic carbocycles. The van der Waals surface area contributed by atoms with Crippen molar-refractivity contribution < 1.29 is 14.2 Å². The van der Waals surface area contributed by atoms with Crippen LogP contribution in [-0.2, 0) is 0 Å². The van der Waals surface area contributed by atoms with Crippen molar-refractivity contribution in [2.45, 2.75) is 6.92 Å². The second-order valence-corrected chi connectivity index (χ2v) is 5.11. The predicted octanol–water partition coefficient (Wildman–Crippen LogP) is 4.51. The molecule has 2 nitrogen and oxygen atoms in total. The number of ether oxygens (including phenoxy) is 1. The van der Waals surface area contributed by atoms with E-state index in [1.165, 1.54) is 6.07 Å². The van der Waals surface area contributed by atoms with Crippen LogP contribution in [0, 0.1) is 5.82 Å². The minimum atomic E-state index is -0.435. The zero-order chi connectivity index (χ0) is 14.3. The summed E-state index contributed by atoms with van der Waals surface area (Å²) in [5, 5.41) is 9.57. The third kappa shape index (κ3) is 2.14. The molecule has 1 N–H and O–H groups in total. The fraction of sp³-hybridized carbons (Fsp3) is 0.125. The van der Waals surface area contributed by atoms with Crippen LogP contribution in [0.25, 0.3) is 11.1 Å². The molecule has 0 unspecified atom stereocenters. The molecule has 0 saturated carbocycles. The molecular formula is C16H12ClFO2. The van der Waals surface area contributed by atoms with Crippen LogP contribution in [0.1, 0.15) is 18.1 Å². The van der Waals surface area contributed by atoms with E-state index in [9.17, 15) is 9.50 Å². The van der Waals surface area contributed by atoms with Crippen molar-refractivity contribution >= 4 is 22.7 Å². The summed E-state index contributed by atoms with van der Waals surface area (Å²) in [6.45, 7) is 2.34. The number of benzene rings is 2. The van der Waals surface area contributed by atoms with Crippen LogP contribution in [0.5, 0.6) is 11.5 Å². The molecule has 20 heavy (non-hydrogen) atoms. The Labute approximate surface area is 121 Å². The molecule has 0 fully saturated rings. The van der Waals surface area contributed by atoms with Gasteiger partial charge in [0.1, 0.15) is 23.9 Å². The summed E-state index contributed by atoms with van der Waals surface area (Å²) in [6.07, 6.45) is 0. The van der Waals surface area contributed by atoms with Crippen LogP contribution in [-0.4, -0.2) is 11.7 Å². The van der Waals surface area contributed by atoms with Crippen LogP contribution in [0.15, 0.2) is 36.4 Å². The summed E-state index contributed by atoms with van der Waals surface area (Å²) < 4.78 is 18.9. The lowest BCUT2D eigenvalue weighted by atomic mass is 9.93. The summed E-state index contributed by atoms with van der Waals surface area (Å²) in [4.78, 5) is 0. The van der Waals surface area contributed by atoms with Crippen LogP contribution in [0.4, 0.5) is 4.39 Å². The summed E-state index contributed by atoms with van der Waals surface area (Å²) >= 11 is 5.83. The Balaban J connectivity index is 2.12. The van der Waals surface area contributed by atoms with Gasteiger partial charge >= 0.3 is 0 Å². The first-order valence-electron chi connectivity index (χ1n) is 6.17. The highest BCUT2D eigenvalue weighted by Crippen LogP contribution is 2.38. The van der Waals surface area contributed by atoms with Crippen LogP contribution < -0.4 is 4.74 Å². The molecule has 0 spiro atoms. The van der Waals surface area contributed by atoms with Gasteiger partial charge in [0.05, 0.1) is 5.02 Å². The van der Waals surface area contributed by atoms with E-state index in [4.69, 9.17) is 16.3 Å². The standard InChI is InChI=1S/C16H12ClFO2/c1-9-12-4-3-11(19)7-16(12)20-8-13(9)10-2-5-15(18)14(17)6-10/h2-7,19H,8H2,1H3. The van der Waals surface area contributed by atoms with Crippen LogP contribution in [0.2, 0.25) is 5.02 Å². The Bertz CT molecular complexity index is 722. The van der Waals surface area contributed by atoms with E-state index in [1.807, 2.05) is 13.0 Å². The fourth-order valence-corrected chi connectivity index (χ4v) is 2.53. The normalized spacial score (nSPS) is 13.9. The molecule has 0 aliphatic carbocycles. The second kappa shape index (κ2) is 4.84. The maximum Gasteiger partial charge on any atom is 0.141 e. The number of allylic oxidation sites excluding steroid dienone is 1. The highest BCUT2D eigenvalue weighted by molar-refractivity contribution is 6.31. The number of phenolic OH excluding ortho intramolecular Hbond substituents is 1. The Morgan fingerprint density at radius 2 is 2.00 bits per heavy atom. The summed E-state index contributed by atoms with van der Waals surface area (Å²) in [5.74, 6) is 0.389. The lowest BCUT2D eigenvalue weighted by Gasteiger charge is -2.22. The van der Waals surface area contributed by atoms with Crippen molar-refractivity contribution in [1.82, 2.24) is 0 Å². The van der Waals surface area contributed by atoms with E-state index in [0.717, 1.165) is 22.3 Å². The maximum absolute atomic E-state index is 13.2. The van der Waals surface area contributed by atoms with E-state index in [0.29, 0.717) is 12.4 Å². The van der Waals surface area contributed by atoms with Crippen molar-refractivity contribution in [2.75, 3.05) is 6.61 Å². The number of fused-ring (bicyclic) bond motifs is 1. The van der Waals surface area contributed by atoms with Gasteiger partial charge in [0.15, 0.2) is 0 Å². The minimum absolute atomic E-state index is 0.0966. The van der Waals surface area contributed by atoms with Crippen molar-refractivity contribution in [3.8, 4) is 11.5 Å². The summed E-state index contributed by atoms with van der Waals surface area (Å²) in [7, 11) is 0. The average Bonchev–Trinajstić information content (AvgIpc) is 2.42. The van der Waals surface area contributed by atoms with Gasteiger partial charge in [-0.25, -0.2) is 4.39 Å². The molecule has 102 valence electrons. The van der Waals surface area contributed by atoms with Crippen LogP contribution >= 0.6 is 11.6 Å². The molecule has 0 radical (unpaired) electrons. The zero-order valence-corrected chi connectivity index (χ0v) is 11.5. The van der Waals surface area contributed by atoms with Gasteiger partial charge in [-0.1, -0.05) is 17.7 Å². The first kappa shape index (κ1) is 13.0. The smallest absolute Gasteiger partial charge is 0.141 e. The van der Waals surface area contributed by atoms with Crippen LogP contribution in [0.3, 0.4) is 0 Å². The molecule has 3 rings (SSSR count). The number of aromatic hydroxyl groups is 1. The van der Waals surface area contributed by atoms with Gasteiger partial charge in [0, 0.05) is 17.2 Å². The van der Waals surface area contributed by atoms with E-state index >= 15 is 0 Å². The SMILES string of the molecule is CC1=C(c2ccc(F)c(Cl)c2)COc2cc(O)ccc21. The minimum Gasteiger partial charge on any atom is -0.508 e. The topological polar surface area (TPSA) is 29.5 Å².